The number of carbonyl (C=O) groups is 1. The summed E-state index contributed by atoms with van der Waals surface area (Å²) in [5.74, 6) is 1.83. The number of benzene rings is 2. The first-order chi connectivity index (χ1) is 13.7. The lowest BCUT2D eigenvalue weighted by Gasteiger charge is -2.11. The van der Waals surface area contributed by atoms with Crippen molar-refractivity contribution in [3.05, 3.63) is 66.4 Å². The van der Waals surface area contributed by atoms with Crippen molar-refractivity contribution in [1.29, 1.82) is 0 Å². The molecule has 28 heavy (non-hydrogen) atoms. The van der Waals surface area contributed by atoms with Crippen molar-refractivity contribution >= 4 is 11.6 Å². The smallest absolute Gasteiger partial charge is 0.257 e. The second-order valence-corrected chi connectivity index (χ2v) is 6.30. The third-order valence-corrected chi connectivity index (χ3v) is 4.41. The van der Waals surface area contributed by atoms with E-state index in [-0.39, 0.29) is 5.91 Å². The Morgan fingerprint density at radius 2 is 1.86 bits per heavy atom. The Hall–Kier alpha value is -3.54. The Labute approximate surface area is 163 Å². The van der Waals surface area contributed by atoms with Crippen LogP contribution in [0.1, 0.15) is 16.8 Å². The molecule has 0 atom stereocenters. The van der Waals surface area contributed by atoms with Crippen LogP contribution >= 0.6 is 0 Å². The van der Waals surface area contributed by atoms with E-state index in [0.29, 0.717) is 36.0 Å². The van der Waals surface area contributed by atoms with E-state index in [0.717, 1.165) is 23.4 Å². The number of ether oxygens (including phenoxy) is 3. The first kappa shape index (κ1) is 17.9. The van der Waals surface area contributed by atoms with E-state index in [2.05, 4.69) is 10.3 Å². The lowest BCUT2D eigenvalue weighted by Crippen LogP contribution is -2.12. The minimum atomic E-state index is -0.242. The van der Waals surface area contributed by atoms with Gasteiger partial charge in [0.15, 0.2) is 11.5 Å². The number of nitrogens with zero attached hydrogens (tertiary/aromatic N) is 1. The number of methoxy groups -OCH3 is 1. The van der Waals surface area contributed by atoms with E-state index < -0.39 is 0 Å². The SMILES string of the molecule is COc1ccccc1-c1ccc(C(=O)Nc2ccc3c(c2)OCCCO3)cn1. The van der Waals surface area contributed by atoms with Crippen LogP contribution in [0.4, 0.5) is 5.69 Å². The van der Waals surface area contributed by atoms with Gasteiger partial charge in [-0.25, -0.2) is 0 Å². The second kappa shape index (κ2) is 8.00. The van der Waals surface area contributed by atoms with Gasteiger partial charge in [0.25, 0.3) is 5.91 Å². The van der Waals surface area contributed by atoms with E-state index in [9.17, 15) is 4.79 Å². The van der Waals surface area contributed by atoms with Gasteiger partial charge in [-0.15, -0.1) is 0 Å². The Morgan fingerprint density at radius 1 is 1.04 bits per heavy atom. The van der Waals surface area contributed by atoms with Gasteiger partial charge >= 0.3 is 0 Å². The Kier molecular flexibility index (Phi) is 5.10. The number of para-hydroxylation sites is 1. The number of fused-ring (bicyclic) bond motifs is 1. The molecule has 6 nitrogen and oxygen atoms in total. The topological polar surface area (TPSA) is 69.7 Å². The molecule has 142 valence electrons. The third-order valence-electron chi connectivity index (χ3n) is 4.41. The normalized spacial score (nSPS) is 12.8. The molecule has 0 aliphatic carbocycles. The van der Waals surface area contributed by atoms with Crippen molar-refractivity contribution in [2.24, 2.45) is 0 Å². The fraction of sp³-hybridized carbons (Fsp3) is 0.182. The molecule has 0 saturated heterocycles. The predicted octanol–water partition coefficient (Wildman–Crippen LogP) is 4.17. The van der Waals surface area contributed by atoms with Crippen molar-refractivity contribution in [3.63, 3.8) is 0 Å². The standard InChI is InChI=1S/C22H20N2O4/c1-26-19-6-3-2-5-17(19)18-9-7-15(14-23-18)22(25)24-16-8-10-20-21(13-16)28-12-4-11-27-20/h2-3,5-10,13-14H,4,11-12H2,1H3,(H,24,25). The van der Waals surface area contributed by atoms with E-state index in [1.165, 1.54) is 0 Å². The summed E-state index contributed by atoms with van der Waals surface area (Å²) in [6.07, 6.45) is 2.39. The number of hydrogen-bond acceptors (Lipinski definition) is 5. The van der Waals surface area contributed by atoms with Crippen LogP contribution < -0.4 is 19.5 Å². The summed E-state index contributed by atoms with van der Waals surface area (Å²) >= 11 is 0. The molecule has 0 bridgehead atoms. The third kappa shape index (κ3) is 3.76. The van der Waals surface area contributed by atoms with Gasteiger partial charge in [-0.05, 0) is 36.4 Å². The van der Waals surface area contributed by atoms with Crippen LogP contribution in [0.15, 0.2) is 60.8 Å². The minimum absolute atomic E-state index is 0.242. The Bertz CT molecular complexity index is 986. The van der Waals surface area contributed by atoms with Gasteiger partial charge in [0, 0.05) is 29.9 Å². The second-order valence-electron chi connectivity index (χ2n) is 6.30. The van der Waals surface area contributed by atoms with Gasteiger partial charge in [-0.3, -0.25) is 9.78 Å². The summed E-state index contributed by atoms with van der Waals surface area (Å²) in [6.45, 7) is 1.22. The van der Waals surface area contributed by atoms with Crippen molar-refractivity contribution in [2.75, 3.05) is 25.6 Å². The molecule has 2 heterocycles. The number of pyridine rings is 1. The zero-order valence-electron chi connectivity index (χ0n) is 15.5. The molecule has 1 amide bonds. The first-order valence-electron chi connectivity index (χ1n) is 9.05. The van der Waals surface area contributed by atoms with Crippen LogP contribution in [0.3, 0.4) is 0 Å². The van der Waals surface area contributed by atoms with Crippen LogP contribution in [-0.4, -0.2) is 31.2 Å². The molecule has 1 N–H and O–H groups in total. The monoisotopic (exact) mass is 376 g/mol. The van der Waals surface area contributed by atoms with E-state index in [4.69, 9.17) is 14.2 Å². The first-order valence-corrected chi connectivity index (χ1v) is 9.05. The molecule has 1 aliphatic rings. The molecular weight excluding hydrogens is 356 g/mol. The fourth-order valence-electron chi connectivity index (χ4n) is 2.99. The number of rotatable bonds is 4. The molecular formula is C22H20N2O4. The molecule has 1 aromatic heterocycles. The van der Waals surface area contributed by atoms with Gasteiger partial charge < -0.3 is 19.5 Å². The van der Waals surface area contributed by atoms with Crippen molar-refractivity contribution < 1.29 is 19.0 Å². The van der Waals surface area contributed by atoms with Crippen LogP contribution in [0.5, 0.6) is 17.2 Å². The fourth-order valence-corrected chi connectivity index (χ4v) is 2.99. The lowest BCUT2D eigenvalue weighted by molar-refractivity contribution is 0.102. The van der Waals surface area contributed by atoms with Gasteiger partial charge in [-0.2, -0.15) is 0 Å². The average Bonchev–Trinajstić information content (AvgIpc) is 2.99. The van der Waals surface area contributed by atoms with Crippen LogP contribution in [0, 0.1) is 0 Å². The number of hydrogen-bond donors (Lipinski definition) is 1. The molecule has 6 heteroatoms. The Morgan fingerprint density at radius 3 is 2.64 bits per heavy atom. The highest BCUT2D eigenvalue weighted by atomic mass is 16.5. The number of nitrogens with one attached hydrogen (secondary N) is 1. The summed E-state index contributed by atoms with van der Waals surface area (Å²) in [4.78, 5) is 17.0. The summed E-state index contributed by atoms with van der Waals surface area (Å²) in [5, 5.41) is 2.87. The molecule has 4 rings (SSSR count). The van der Waals surface area contributed by atoms with Crippen molar-refractivity contribution in [2.45, 2.75) is 6.42 Å². The van der Waals surface area contributed by atoms with Crippen molar-refractivity contribution in [1.82, 2.24) is 4.98 Å². The maximum Gasteiger partial charge on any atom is 0.257 e. The highest BCUT2D eigenvalue weighted by molar-refractivity contribution is 6.04. The molecule has 2 aromatic carbocycles. The highest BCUT2D eigenvalue weighted by Gasteiger charge is 2.13. The van der Waals surface area contributed by atoms with Gasteiger partial charge in [0.2, 0.25) is 0 Å². The predicted molar refractivity (Wildman–Crippen MR) is 106 cm³/mol. The number of amides is 1. The summed E-state index contributed by atoms with van der Waals surface area (Å²) < 4.78 is 16.6. The zero-order chi connectivity index (χ0) is 19.3. The number of carbonyl (C=O) groups excluding carboxylic acids is 1. The van der Waals surface area contributed by atoms with Gasteiger partial charge in [-0.1, -0.05) is 12.1 Å². The highest BCUT2D eigenvalue weighted by Crippen LogP contribution is 2.32. The molecule has 0 radical (unpaired) electrons. The number of anilines is 1. The Balaban J connectivity index is 1.50. The molecule has 1 aliphatic heterocycles. The maximum absolute atomic E-state index is 12.6. The molecule has 3 aromatic rings. The van der Waals surface area contributed by atoms with Crippen LogP contribution in [0.2, 0.25) is 0 Å². The van der Waals surface area contributed by atoms with Crippen LogP contribution in [-0.2, 0) is 0 Å². The minimum Gasteiger partial charge on any atom is -0.496 e. The summed E-state index contributed by atoms with van der Waals surface area (Å²) in [5.41, 5.74) is 2.72. The lowest BCUT2D eigenvalue weighted by atomic mass is 10.1. The zero-order valence-corrected chi connectivity index (χ0v) is 15.5. The summed E-state index contributed by atoms with van der Waals surface area (Å²) in [7, 11) is 1.62. The molecule has 0 spiro atoms. The maximum atomic E-state index is 12.6. The van der Waals surface area contributed by atoms with E-state index in [1.807, 2.05) is 24.3 Å². The van der Waals surface area contributed by atoms with E-state index in [1.54, 1.807) is 43.6 Å². The average molecular weight is 376 g/mol. The summed E-state index contributed by atoms with van der Waals surface area (Å²) in [6, 6.07) is 16.6. The van der Waals surface area contributed by atoms with Gasteiger partial charge in [0.1, 0.15) is 5.75 Å². The van der Waals surface area contributed by atoms with E-state index >= 15 is 0 Å². The van der Waals surface area contributed by atoms with Crippen molar-refractivity contribution in [3.8, 4) is 28.5 Å². The molecule has 0 saturated carbocycles. The largest absolute Gasteiger partial charge is 0.496 e. The number of aromatic nitrogens is 1. The van der Waals surface area contributed by atoms with Gasteiger partial charge in [0.05, 0.1) is 31.6 Å². The molecule has 0 fully saturated rings. The van der Waals surface area contributed by atoms with Crippen LogP contribution in [0.25, 0.3) is 11.3 Å². The molecule has 0 unspecified atom stereocenters. The quantitative estimate of drug-likeness (QED) is 0.740.